The van der Waals surface area contributed by atoms with E-state index in [1.54, 1.807) is 4.90 Å². The Morgan fingerprint density at radius 1 is 1.08 bits per heavy atom. The first-order chi connectivity index (χ1) is 12.1. The van der Waals surface area contributed by atoms with Crippen LogP contribution in [0.15, 0.2) is 30.3 Å². The zero-order valence-electron chi connectivity index (χ0n) is 14.3. The van der Waals surface area contributed by atoms with E-state index in [0.717, 1.165) is 31.4 Å². The van der Waals surface area contributed by atoms with Crippen molar-refractivity contribution in [2.75, 3.05) is 11.5 Å². The summed E-state index contributed by atoms with van der Waals surface area (Å²) in [6.45, 7) is -0.295. The van der Waals surface area contributed by atoms with Gasteiger partial charge in [0.25, 0.3) is 5.91 Å². The second kappa shape index (κ2) is 8.14. The summed E-state index contributed by atoms with van der Waals surface area (Å²) < 4.78 is 5.18. The molecule has 1 heterocycles. The van der Waals surface area contributed by atoms with Crippen molar-refractivity contribution in [2.24, 2.45) is 0 Å². The van der Waals surface area contributed by atoms with Gasteiger partial charge in [-0.1, -0.05) is 37.5 Å². The fourth-order valence-electron chi connectivity index (χ4n) is 3.58. The highest BCUT2D eigenvalue weighted by atomic mass is 16.5. The zero-order chi connectivity index (χ0) is 17.6. The molecule has 1 aromatic carbocycles. The van der Waals surface area contributed by atoms with Gasteiger partial charge in [-0.3, -0.25) is 9.59 Å². The highest BCUT2D eigenvalue weighted by Crippen LogP contribution is 2.27. The van der Waals surface area contributed by atoms with Crippen molar-refractivity contribution < 1.29 is 19.1 Å². The molecule has 1 saturated carbocycles. The summed E-state index contributed by atoms with van der Waals surface area (Å²) in [6, 6.07) is 9.05. The van der Waals surface area contributed by atoms with Crippen LogP contribution >= 0.6 is 0 Å². The van der Waals surface area contributed by atoms with E-state index >= 15 is 0 Å². The van der Waals surface area contributed by atoms with Gasteiger partial charge in [-0.25, -0.2) is 4.79 Å². The highest BCUT2D eigenvalue weighted by Gasteiger charge is 2.31. The Kier molecular flexibility index (Phi) is 5.68. The van der Waals surface area contributed by atoms with Crippen LogP contribution in [0.2, 0.25) is 0 Å². The molecule has 6 heteroatoms. The molecule has 0 bridgehead atoms. The quantitative estimate of drug-likeness (QED) is 0.831. The molecule has 2 fully saturated rings. The van der Waals surface area contributed by atoms with Gasteiger partial charge in [0.1, 0.15) is 6.04 Å². The van der Waals surface area contributed by atoms with Crippen molar-refractivity contribution in [1.82, 2.24) is 5.32 Å². The number of benzene rings is 1. The average Bonchev–Trinajstić information content (AvgIpc) is 3.08. The number of nitrogens with zero attached hydrogens (tertiary/aromatic N) is 1. The maximum Gasteiger partial charge on any atom is 0.329 e. The lowest BCUT2D eigenvalue weighted by atomic mass is 9.93. The number of carbonyl (C=O) groups is 3. The van der Waals surface area contributed by atoms with Gasteiger partial charge in [-0.2, -0.15) is 0 Å². The summed E-state index contributed by atoms with van der Waals surface area (Å²) in [6.07, 6.45) is 6.09. The van der Waals surface area contributed by atoms with Crippen molar-refractivity contribution in [3.63, 3.8) is 0 Å². The molecule has 1 aliphatic carbocycles. The predicted octanol–water partition coefficient (Wildman–Crippen LogP) is 2.17. The third-order valence-corrected chi connectivity index (χ3v) is 4.86. The fraction of sp³-hybridized carbons (Fsp3) is 0.526. The van der Waals surface area contributed by atoms with Crippen molar-refractivity contribution in [2.45, 2.75) is 57.0 Å². The average molecular weight is 344 g/mol. The number of esters is 1. The number of ether oxygens (including phenoxy) is 1. The van der Waals surface area contributed by atoms with E-state index in [4.69, 9.17) is 4.74 Å². The lowest BCUT2D eigenvalue weighted by molar-refractivity contribution is -0.150. The van der Waals surface area contributed by atoms with E-state index in [1.807, 2.05) is 30.3 Å². The summed E-state index contributed by atoms with van der Waals surface area (Å²) in [7, 11) is 0. The summed E-state index contributed by atoms with van der Waals surface area (Å²) in [5.41, 5.74) is 0.838. The minimum Gasteiger partial charge on any atom is -0.454 e. The maximum absolute atomic E-state index is 12.8. The minimum absolute atomic E-state index is 0.147. The van der Waals surface area contributed by atoms with Crippen LogP contribution in [-0.2, 0) is 19.1 Å². The number of hydrogen-bond acceptors (Lipinski definition) is 4. The molecule has 2 aliphatic rings. The van der Waals surface area contributed by atoms with Crippen LogP contribution in [-0.4, -0.2) is 36.5 Å². The van der Waals surface area contributed by atoms with E-state index in [9.17, 15) is 14.4 Å². The van der Waals surface area contributed by atoms with Crippen molar-refractivity contribution >= 4 is 23.5 Å². The number of nitrogens with one attached hydrogen (secondary N) is 1. The highest BCUT2D eigenvalue weighted by molar-refractivity contribution is 5.96. The van der Waals surface area contributed by atoms with Crippen LogP contribution in [0.3, 0.4) is 0 Å². The van der Waals surface area contributed by atoms with E-state index < -0.39 is 12.0 Å². The number of para-hydroxylation sites is 1. The normalized spacial score (nSPS) is 20.8. The zero-order valence-corrected chi connectivity index (χ0v) is 14.3. The minimum atomic E-state index is -0.625. The first-order valence-corrected chi connectivity index (χ1v) is 8.98. The van der Waals surface area contributed by atoms with Crippen LogP contribution in [0.4, 0.5) is 5.69 Å². The van der Waals surface area contributed by atoms with E-state index in [1.165, 1.54) is 6.42 Å². The Morgan fingerprint density at radius 3 is 2.44 bits per heavy atom. The van der Waals surface area contributed by atoms with Crippen molar-refractivity contribution in [1.29, 1.82) is 0 Å². The van der Waals surface area contributed by atoms with Gasteiger partial charge in [0.05, 0.1) is 0 Å². The van der Waals surface area contributed by atoms with Crippen LogP contribution in [0.1, 0.15) is 44.9 Å². The van der Waals surface area contributed by atoms with Gasteiger partial charge < -0.3 is 15.0 Å². The molecule has 1 aliphatic heterocycles. The predicted molar refractivity (Wildman–Crippen MR) is 92.9 cm³/mol. The molecule has 1 saturated heterocycles. The molecule has 6 nitrogen and oxygen atoms in total. The maximum atomic E-state index is 12.8. The molecular formula is C19H24N2O4. The Labute approximate surface area is 147 Å². The van der Waals surface area contributed by atoms with Crippen LogP contribution in [0.25, 0.3) is 0 Å². The Hall–Kier alpha value is -2.37. The van der Waals surface area contributed by atoms with Crippen LogP contribution in [0, 0.1) is 0 Å². The lowest BCUT2D eigenvalue weighted by Crippen LogP contribution is -2.44. The Bertz CT molecular complexity index is 626. The Balaban J connectivity index is 1.64. The van der Waals surface area contributed by atoms with Gasteiger partial charge in [0, 0.05) is 18.2 Å². The molecule has 0 unspecified atom stereocenters. The molecule has 1 atom stereocenters. The molecule has 1 aromatic rings. The van der Waals surface area contributed by atoms with E-state index in [0.29, 0.717) is 12.8 Å². The molecule has 25 heavy (non-hydrogen) atoms. The number of anilines is 1. The second-order valence-corrected chi connectivity index (χ2v) is 6.66. The van der Waals surface area contributed by atoms with Crippen LogP contribution < -0.4 is 10.2 Å². The molecule has 134 valence electrons. The summed E-state index contributed by atoms with van der Waals surface area (Å²) >= 11 is 0. The molecule has 2 amide bonds. The number of carbonyl (C=O) groups excluding carboxylic acids is 3. The van der Waals surface area contributed by atoms with Gasteiger partial charge in [-0.05, 0) is 31.4 Å². The standard InChI is InChI=1S/C19H24N2O4/c22-17-12-11-16(20-17)19(24)25-13-18(23)21(14-7-3-1-4-8-14)15-9-5-2-6-10-15/h1,3-4,7-8,15-16H,2,5-6,9-13H2,(H,20,22)/t16-/m0/s1. The lowest BCUT2D eigenvalue weighted by Gasteiger charge is -2.34. The molecular weight excluding hydrogens is 320 g/mol. The first-order valence-electron chi connectivity index (χ1n) is 8.98. The molecule has 0 radical (unpaired) electrons. The smallest absolute Gasteiger partial charge is 0.329 e. The van der Waals surface area contributed by atoms with Gasteiger partial charge >= 0.3 is 5.97 Å². The van der Waals surface area contributed by atoms with Crippen LogP contribution in [0.5, 0.6) is 0 Å². The topological polar surface area (TPSA) is 75.7 Å². The first kappa shape index (κ1) is 17.5. The van der Waals surface area contributed by atoms with Gasteiger partial charge in [0.15, 0.2) is 6.61 Å². The van der Waals surface area contributed by atoms with E-state index in [2.05, 4.69) is 5.32 Å². The number of rotatable bonds is 5. The third-order valence-electron chi connectivity index (χ3n) is 4.86. The summed E-state index contributed by atoms with van der Waals surface area (Å²) in [4.78, 5) is 37.8. The molecule has 3 rings (SSSR count). The molecule has 0 spiro atoms. The molecule has 1 N–H and O–H groups in total. The second-order valence-electron chi connectivity index (χ2n) is 6.66. The van der Waals surface area contributed by atoms with E-state index in [-0.39, 0.29) is 24.5 Å². The molecule has 0 aromatic heterocycles. The number of hydrogen-bond donors (Lipinski definition) is 1. The SMILES string of the molecule is O=C1CC[C@@H](C(=O)OCC(=O)N(c2ccccc2)C2CCCCC2)N1. The van der Waals surface area contributed by atoms with Crippen molar-refractivity contribution in [3.8, 4) is 0 Å². The largest absolute Gasteiger partial charge is 0.454 e. The third kappa shape index (κ3) is 4.38. The summed E-state index contributed by atoms with van der Waals surface area (Å²) in [5, 5.41) is 2.56. The Morgan fingerprint density at radius 2 is 1.80 bits per heavy atom. The monoisotopic (exact) mass is 344 g/mol. The number of amides is 2. The van der Waals surface area contributed by atoms with Gasteiger partial charge in [0.2, 0.25) is 5.91 Å². The van der Waals surface area contributed by atoms with Gasteiger partial charge in [-0.15, -0.1) is 0 Å². The van der Waals surface area contributed by atoms with Crippen molar-refractivity contribution in [3.05, 3.63) is 30.3 Å². The fourth-order valence-corrected chi connectivity index (χ4v) is 3.58. The summed E-state index contributed by atoms with van der Waals surface area (Å²) in [5.74, 6) is -0.895.